The zero-order chi connectivity index (χ0) is 18.2. The van der Waals surface area contributed by atoms with Crippen molar-refractivity contribution < 1.29 is 9.53 Å². The molecular formula is C23H29NO2. The number of nitrogens with zero attached hydrogens (tertiary/aromatic N) is 1. The molecule has 2 aromatic carbocycles. The Balaban J connectivity index is 1.36. The Hall–Kier alpha value is -2.13. The first-order chi connectivity index (χ1) is 12.7. The molecule has 0 bridgehead atoms. The summed E-state index contributed by atoms with van der Waals surface area (Å²) >= 11 is 0. The number of Topliss-reactive ketones (excluding diaryl/α,β-unsaturated/α-hetero) is 1. The summed E-state index contributed by atoms with van der Waals surface area (Å²) in [6.45, 7) is 3.34. The van der Waals surface area contributed by atoms with Gasteiger partial charge in [0.05, 0.1) is 7.11 Å². The van der Waals surface area contributed by atoms with E-state index in [4.69, 9.17) is 4.74 Å². The topological polar surface area (TPSA) is 29.5 Å². The largest absolute Gasteiger partial charge is 0.497 e. The molecule has 0 aromatic heterocycles. The van der Waals surface area contributed by atoms with E-state index in [0.29, 0.717) is 6.42 Å². The summed E-state index contributed by atoms with van der Waals surface area (Å²) in [6, 6.07) is 18.3. The highest BCUT2D eigenvalue weighted by molar-refractivity contribution is 5.96. The molecule has 0 unspecified atom stereocenters. The molecule has 1 aliphatic heterocycles. The van der Waals surface area contributed by atoms with Crippen LogP contribution in [0.3, 0.4) is 0 Å². The van der Waals surface area contributed by atoms with Crippen LogP contribution >= 0.6 is 0 Å². The number of hydrogen-bond donors (Lipinski definition) is 0. The number of rotatable bonds is 8. The van der Waals surface area contributed by atoms with Crippen LogP contribution in [-0.2, 0) is 6.42 Å². The SMILES string of the molecule is COc1cccc(C(=O)CCCN2CCC(Cc3ccccc3)CC2)c1. The molecule has 3 nitrogen and oxygen atoms in total. The van der Waals surface area contributed by atoms with E-state index in [1.807, 2.05) is 24.3 Å². The maximum atomic E-state index is 12.3. The third-order valence-corrected chi connectivity index (χ3v) is 5.34. The van der Waals surface area contributed by atoms with Crippen LogP contribution in [0.5, 0.6) is 5.75 Å². The molecule has 1 aliphatic rings. The third-order valence-electron chi connectivity index (χ3n) is 5.34. The molecule has 1 heterocycles. The van der Waals surface area contributed by atoms with Gasteiger partial charge in [0.15, 0.2) is 5.78 Å². The van der Waals surface area contributed by atoms with E-state index in [1.165, 1.54) is 24.8 Å². The van der Waals surface area contributed by atoms with Crippen LogP contribution in [0.25, 0.3) is 0 Å². The van der Waals surface area contributed by atoms with E-state index >= 15 is 0 Å². The van der Waals surface area contributed by atoms with Gasteiger partial charge in [-0.15, -0.1) is 0 Å². The van der Waals surface area contributed by atoms with Gasteiger partial charge in [-0.25, -0.2) is 0 Å². The Morgan fingerprint density at radius 1 is 1.08 bits per heavy atom. The minimum atomic E-state index is 0.211. The van der Waals surface area contributed by atoms with Crippen molar-refractivity contribution in [3.63, 3.8) is 0 Å². The molecular weight excluding hydrogens is 322 g/mol. The highest BCUT2D eigenvalue weighted by atomic mass is 16.5. The van der Waals surface area contributed by atoms with Gasteiger partial charge in [0.2, 0.25) is 0 Å². The van der Waals surface area contributed by atoms with Gasteiger partial charge in [-0.05, 0) is 68.9 Å². The standard InChI is InChI=1S/C23H29NO2/c1-26-22-10-5-9-21(18-22)23(25)11-6-14-24-15-12-20(13-16-24)17-19-7-3-2-4-8-19/h2-5,7-10,18,20H,6,11-17H2,1H3. The van der Waals surface area contributed by atoms with Crippen LogP contribution in [0.2, 0.25) is 0 Å². The van der Waals surface area contributed by atoms with Gasteiger partial charge in [-0.3, -0.25) is 4.79 Å². The van der Waals surface area contributed by atoms with E-state index in [0.717, 1.165) is 43.3 Å². The summed E-state index contributed by atoms with van der Waals surface area (Å²) in [5.41, 5.74) is 2.21. The van der Waals surface area contributed by atoms with Gasteiger partial charge >= 0.3 is 0 Å². The first kappa shape index (κ1) is 18.7. The molecule has 0 saturated carbocycles. The number of ketones is 1. The molecule has 138 valence electrons. The lowest BCUT2D eigenvalue weighted by atomic mass is 9.90. The third kappa shape index (κ3) is 5.43. The van der Waals surface area contributed by atoms with Gasteiger partial charge < -0.3 is 9.64 Å². The zero-order valence-corrected chi connectivity index (χ0v) is 15.7. The van der Waals surface area contributed by atoms with Crippen molar-refractivity contribution in [2.75, 3.05) is 26.7 Å². The summed E-state index contributed by atoms with van der Waals surface area (Å²) < 4.78 is 5.20. The van der Waals surface area contributed by atoms with Crippen LogP contribution in [-0.4, -0.2) is 37.4 Å². The zero-order valence-electron chi connectivity index (χ0n) is 15.7. The van der Waals surface area contributed by atoms with Crippen LogP contribution in [0.15, 0.2) is 54.6 Å². The van der Waals surface area contributed by atoms with Crippen LogP contribution in [0, 0.1) is 5.92 Å². The maximum Gasteiger partial charge on any atom is 0.163 e. The average molecular weight is 351 g/mol. The number of likely N-dealkylation sites (tertiary alicyclic amines) is 1. The van der Waals surface area contributed by atoms with Crippen molar-refractivity contribution in [1.82, 2.24) is 4.90 Å². The fourth-order valence-electron chi connectivity index (χ4n) is 3.77. The summed E-state index contributed by atoms with van der Waals surface area (Å²) in [5.74, 6) is 1.76. The first-order valence-electron chi connectivity index (χ1n) is 9.68. The van der Waals surface area contributed by atoms with E-state index in [2.05, 4.69) is 35.2 Å². The predicted molar refractivity (Wildman–Crippen MR) is 106 cm³/mol. The average Bonchev–Trinajstić information content (AvgIpc) is 2.70. The lowest BCUT2D eigenvalue weighted by Gasteiger charge is -2.32. The van der Waals surface area contributed by atoms with Crippen molar-refractivity contribution >= 4 is 5.78 Å². The fourth-order valence-corrected chi connectivity index (χ4v) is 3.77. The highest BCUT2D eigenvalue weighted by Gasteiger charge is 2.19. The lowest BCUT2D eigenvalue weighted by molar-refractivity contribution is 0.0970. The summed E-state index contributed by atoms with van der Waals surface area (Å²) in [7, 11) is 1.63. The molecule has 0 atom stereocenters. The van der Waals surface area contributed by atoms with Crippen LogP contribution in [0.4, 0.5) is 0 Å². The van der Waals surface area contributed by atoms with Gasteiger partial charge in [-0.2, -0.15) is 0 Å². The van der Waals surface area contributed by atoms with Crippen LogP contribution < -0.4 is 4.74 Å². The van der Waals surface area contributed by atoms with E-state index < -0.39 is 0 Å². The molecule has 26 heavy (non-hydrogen) atoms. The first-order valence-corrected chi connectivity index (χ1v) is 9.68. The maximum absolute atomic E-state index is 12.3. The summed E-state index contributed by atoms with van der Waals surface area (Å²) in [4.78, 5) is 14.8. The molecule has 3 heteroatoms. The van der Waals surface area contributed by atoms with Crippen molar-refractivity contribution in [2.24, 2.45) is 5.92 Å². The summed E-state index contributed by atoms with van der Waals surface area (Å²) in [6.07, 6.45) is 5.26. The number of methoxy groups -OCH3 is 1. The Labute approximate surface area is 157 Å². The van der Waals surface area contributed by atoms with E-state index in [1.54, 1.807) is 7.11 Å². The van der Waals surface area contributed by atoms with Gasteiger partial charge in [0.1, 0.15) is 5.75 Å². The number of carbonyl (C=O) groups is 1. The lowest BCUT2D eigenvalue weighted by Crippen LogP contribution is -2.35. The van der Waals surface area contributed by atoms with Crippen molar-refractivity contribution in [2.45, 2.75) is 32.1 Å². The van der Waals surface area contributed by atoms with E-state index in [9.17, 15) is 4.79 Å². The van der Waals surface area contributed by atoms with Gasteiger partial charge in [0.25, 0.3) is 0 Å². The highest BCUT2D eigenvalue weighted by Crippen LogP contribution is 2.22. The molecule has 1 fully saturated rings. The second-order valence-electron chi connectivity index (χ2n) is 7.23. The monoisotopic (exact) mass is 351 g/mol. The number of carbonyl (C=O) groups excluding carboxylic acids is 1. The molecule has 0 spiro atoms. The normalized spacial score (nSPS) is 15.7. The molecule has 1 saturated heterocycles. The number of benzene rings is 2. The number of piperidine rings is 1. The van der Waals surface area contributed by atoms with Gasteiger partial charge in [-0.1, -0.05) is 42.5 Å². The molecule has 3 rings (SSSR count). The Morgan fingerprint density at radius 2 is 1.85 bits per heavy atom. The Bertz CT molecular complexity index is 690. The Morgan fingerprint density at radius 3 is 2.58 bits per heavy atom. The Kier molecular flexibility index (Phi) is 6.84. The van der Waals surface area contributed by atoms with Crippen molar-refractivity contribution in [3.05, 3.63) is 65.7 Å². The van der Waals surface area contributed by atoms with Crippen molar-refractivity contribution in [3.8, 4) is 5.75 Å². The van der Waals surface area contributed by atoms with Crippen LogP contribution in [0.1, 0.15) is 41.6 Å². The second kappa shape index (κ2) is 9.54. The number of ether oxygens (including phenoxy) is 1. The minimum Gasteiger partial charge on any atom is -0.497 e. The molecule has 2 aromatic rings. The molecule has 0 amide bonds. The van der Waals surface area contributed by atoms with Gasteiger partial charge in [0, 0.05) is 12.0 Å². The quantitative estimate of drug-likeness (QED) is 0.650. The second-order valence-corrected chi connectivity index (χ2v) is 7.23. The number of hydrogen-bond acceptors (Lipinski definition) is 3. The smallest absolute Gasteiger partial charge is 0.163 e. The molecule has 0 radical (unpaired) electrons. The predicted octanol–water partition coefficient (Wildman–Crippen LogP) is 4.61. The van der Waals surface area contributed by atoms with Crippen molar-refractivity contribution in [1.29, 1.82) is 0 Å². The minimum absolute atomic E-state index is 0.211. The molecule has 0 aliphatic carbocycles. The molecule has 0 N–H and O–H groups in total. The fraction of sp³-hybridized carbons (Fsp3) is 0.435. The van der Waals surface area contributed by atoms with E-state index in [-0.39, 0.29) is 5.78 Å². The summed E-state index contributed by atoms with van der Waals surface area (Å²) in [5, 5.41) is 0.